The van der Waals surface area contributed by atoms with Gasteiger partial charge in [0.25, 0.3) is 0 Å². The molecule has 0 aromatic rings. The first-order valence-corrected chi connectivity index (χ1v) is 6.28. The molecule has 0 aromatic carbocycles. The average Bonchev–Trinajstić information content (AvgIpc) is 2.26. The highest BCUT2D eigenvalue weighted by molar-refractivity contribution is 5.95. The van der Waals surface area contributed by atoms with Gasteiger partial charge in [-0.25, -0.2) is 4.79 Å². The van der Waals surface area contributed by atoms with Gasteiger partial charge in [0, 0.05) is 25.2 Å². The summed E-state index contributed by atoms with van der Waals surface area (Å²) < 4.78 is 0. The van der Waals surface area contributed by atoms with Crippen LogP contribution < -0.4 is 16.0 Å². The zero-order chi connectivity index (χ0) is 14.5. The molecule has 0 spiro atoms. The molecule has 0 radical (unpaired) electrons. The van der Waals surface area contributed by atoms with E-state index in [1.54, 1.807) is 4.90 Å². The minimum Gasteiger partial charge on any atom is -0.333 e. The number of hydrogen-bond donors (Lipinski definition) is 3. The van der Waals surface area contributed by atoms with Gasteiger partial charge in [0.05, 0.1) is 12.6 Å². The Kier molecular flexibility index (Phi) is 5.27. The van der Waals surface area contributed by atoms with Crippen LogP contribution in [0.25, 0.3) is 0 Å². The Morgan fingerprint density at radius 1 is 1.47 bits per heavy atom. The first-order valence-electron chi connectivity index (χ1n) is 6.28. The summed E-state index contributed by atoms with van der Waals surface area (Å²) in [7, 11) is 0. The Morgan fingerprint density at radius 3 is 2.74 bits per heavy atom. The van der Waals surface area contributed by atoms with E-state index in [-0.39, 0.29) is 12.6 Å². The fourth-order valence-corrected chi connectivity index (χ4v) is 1.79. The molecule has 1 rings (SSSR count). The standard InChI is InChI=1S/C12H21N5O2/c1-12(2,3)16-11(19)15-10(18)8-17-5-4-14-7-9(17)6-13/h9,14H,4-5,7-8H2,1-3H3,(H2,15,16,18,19). The van der Waals surface area contributed by atoms with Gasteiger partial charge in [-0.3, -0.25) is 15.0 Å². The molecule has 1 unspecified atom stereocenters. The van der Waals surface area contributed by atoms with Crippen molar-refractivity contribution >= 4 is 11.9 Å². The van der Waals surface area contributed by atoms with E-state index >= 15 is 0 Å². The second kappa shape index (κ2) is 6.50. The van der Waals surface area contributed by atoms with Gasteiger partial charge in [-0.05, 0) is 20.8 Å². The number of nitrogens with one attached hydrogen (secondary N) is 3. The quantitative estimate of drug-likeness (QED) is 0.621. The van der Waals surface area contributed by atoms with Crippen LogP contribution in [0.4, 0.5) is 4.79 Å². The van der Waals surface area contributed by atoms with E-state index in [2.05, 4.69) is 22.0 Å². The lowest BCUT2D eigenvalue weighted by molar-refractivity contribution is -0.121. The molecule has 1 atom stereocenters. The molecule has 0 saturated carbocycles. The highest BCUT2D eigenvalue weighted by Crippen LogP contribution is 2.01. The molecule has 7 heteroatoms. The maximum Gasteiger partial charge on any atom is 0.321 e. The van der Waals surface area contributed by atoms with Crippen molar-refractivity contribution < 1.29 is 9.59 Å². The van der Waals surface area contributed by atoms with E-state index in [0.29, 0.717) is 13.1 Å². The molecule has 0 aliphatic carbocycles. The predicted molar refractivity (Wildman–Crippen MR) is 70.3 cm³/mol. The second-order valence-corrected chi connectivity index (χ2v) is 5.57. The van der Waals surface area contributed by atoms with Gasteiger partial charge in [0.2, 0.25) is 5.91 Å². The molecule has 1 aliphatic rings. The van der Waals surface area contributed by atoms with Crippen LogP contribution in [0.2, 0.25) is 0 Å². The van der Waals surface area contributed by atoms with Crippen LogP contribution in [-0.4, -0.2) is 54.6 Å². The predicted octanol–water partition coefficient (Wildman–Crippen LogP) is -0.592. The van der Waals surface area contributed by atoms with Crippen LogP contribution in [-0.2, 0) is 4.79 Å². The molecule has 1 fully saturated rings. The van der Waals surface area contributed by atoms with Crippen LogP contribution in [0.15, 0.2) is 0 Å². The number of imide groups is 1. The summed E-state index contributed by atoms with van der Waals surface area (Å²) in [6.45, 7) is 7.44. The first-order chi connectivity index (χ1) is 8.81. The van der Waals surface area contributed by atoms with Crippen molar-refractivity contribution in [1.82, 2.24) is 20.9 Å². The van der Waals surface area contributed by atoms with Gasteiger partial charge < -0.3 is 10.6 Å². The first kappa shape index (κ1) is 15.4. The monoisotopic (exact) mass is 267 g/mol. The lowest BCUT2D eigenvalue weighted by Crippen LogP contribution is -2.55. The number of hydrogen-bond acceptors (Lipinski definition) is 5. The summed E-state index contributed by atoms with van der Waals surface area (Å²) in [5.74, 6) is -0.399. The highest BCUT2D eigenvalue weighted by Gasteiger charge is 2.24. The van der Waals surface area contributed by atoms with E-state index in [1.807, 2.05) is 20.8 Å². The smallest absolute Gasteiger partial charge is 0.321 e. The number of carbonyl (C=O) groups is 2. The Morgan fingerprint density at radius 2 is 2.16 bits per heavy atom. The van der Waals surface area contributed by atoms with Crippen molar-refractivity contribution in [2.45, 2.75) is 32.4 Å². The van der Waals surface area contributed by atoms with E-state index < -0.39 is 17.5 Å². The van der Waals surface area contributed by atoms with Crippen LogP contribution in [0.3, 0.4) is 0 Å². The lowest BCUT2D eigenvalue weighted by atomic mass is 10.1. The number of piperazine rings is 1. The summed E-state index contributed by atoms with van der Waals surface area (Å²) in [5, 5.41) is 17.0. The largest absolute Gasteiger partial charge is 0.333 e. The van der Waals surface area contributed by atoms with E-state index in [9.17, 15) is 9.59 Å². The minimum atomic E-state index is -0.513. The summed E-state index contributed by atoms with van der Waals surface area (Å²) in [4.78, 5) is 25.0. The second-order valence-electron chi connectivity index (χ2n) is 5.57. The molecule has 1 aliphatic heterocycles. The SMILES string of the molecule is CC(C)(C)NC(=O)NC(=O)CN1CCNCC1C#N. The van der Waals surface area contributed by atoms with Crippen molar-refractivity contribution in [2.75, 3.05) is 26.2 Å². The van der Waals surface area contributed by atoms with Crippen molar-refractivity contribution in [2.24, 2.45) is 0 Å². The maximum absolute atomic E-state index is 11.7. The topological polar surface area (TPSA) is 97.3 Å². The van der Waals surface area contributed by atoms with Crippen molar-refractivity contribution in [3.63, 3.8) is 0 Å². The van der Waals surface area contributed by atoms with Gasteiger partial charge in [0.15, 0.2) is 0 Å². The fraction of sp³-hybridized carbons (Fsp3) is 0.750. The summed E-state index contributed by atoms with van der Waals surface area (Å²) in [6, 6.07) is 1.29. The number of amides is 3. The molecule has 0 bridgehead atoms. The Hall–Kier alpha value is -1.65. The zero-order valence-electron chi connectivity index (χ0n) is 11.6. The van der Waals surface area contributed by atoms with Gasteiger partial charge in [-0.15, -0.1) is 0 Å². The van der Waals surface area contributed by atoms with Crippen LogP contribution in [0, 0.1) is 11.3 Å². The number of rotatable bonds is 2. The van der Waals surface area contributed by atoms with E-state index in [0.717, 1.165) is 6.54 Å². The van der Waals surface area contributed by atoms with Crippen LogP contribution >= 0.6 is 0 Å². The lowest BCUT2D eigenvalue weighted by Gasteiger charge is -2.31. The van der Waals surface area contributed by atoms with E-state index in [4.69, 9.17) is 5.26 Å². The normalized spacial score (nSPS) is 20.4. The summed E-state index contributed by atoms with van der Waals surface area (Å²) >= 11 is 0. The summed E-state index contributed by atoms with van der Waals surface area (Å²) in [5.41, 5.74) is -0.394. The third-order valence-electron chi connectivity index (χ3n) is 2.59. The summed E-state index contributed by atoms with van der Waals surface area (Å²) in [6.07, 6.45) is 0. The van der Waals surface area contributed by atoms with Gasteiger partial charge in [-0.1, -0.05) is 0 Å². The number of urea groups is 1. The Balaban J connectivity index is 2.42. The molecule has 1 saturated heterocycles. The Bertz CT molecular complexity index is 383. The van der Waals surface area contributed by atoms with Crippen molar-refractivity contribution in [3.05, 3.63) is 0 Å². The molecule has 3 N–H and O–H groups in total. The van der Waals surface area contributed by atoms with Crippen molar-refractivity contribution in [1.29, 1.82) is 5.26 Å². The van der Waals surface area contributed by atoms with E-state index in [1.165, 1.54) is 0 Å². The third kappa shape index (κ3) is 5.68. The molecule has 106 valence electrons. The molecule has 1 heterocycles. The maximum atomic E-state index is 11.7. The molecule has 3 amide bonds. The molecule has 7 nitrogen and oxygen atoms in total. The Labute approximate surface area is 113 Å². The number of nitrogens with zero attached hydrogens (tertiary/aromatic N) is 2. The van der Waals surface area contributed by atoms with Gasteiger partial charge in [-0.2, -0.15) is 5.26 Å². The van der Waals surface area contributed by atoms with Gasteiger partial charge >= 0.3 is 6.03 Å². The fourth-order valence-electron chi connectivity index (χ4n) is 1.79. The van der Waals surface area contributed by atoms with Crippen molar-refractivity contribution in [3.8, 4) is 6.07 Å². The number of nitriles is 1. The van der Waals surface area contributed by atoms with Crippen LogP contribution in [0.5, 0.6) is 0 Å². The molecular formula is C12H21N5O2. The molecule has 0 aromatic heterocycles. The molecular weight excluding hydrogens is 246 g/mol. The number of carbonyl (C=O) groups excluding carboxylic acids is 2. The van der Waals surface area contributed by atoms with Gasteiger partial charge in [0.1, 0.15) is 6.04 Å². The minimum absolute atomic E-state index is 0.0530. The zero-order valence-corrected chi connectivity index (χ0v) is 11.6. The highest BCUT2D eigenvalue weighted by atomic mass is 16.2. The average molecular weight is 267 g/mol. The molecule has 19 heavy (non-hydrogen) atoms. The third-order valence-corrected chi connectivity index (χ3v) is 2.59. The van der Waals surface area contributed by atoms with Crippen LogP contribution in [0.1, 0.15) is 20.8 Å².